The van der Waals surface area contributed by atoms with Crippen molar-refractivity contribution in [2.75, 3.05) is 13.1 Å². The Morgan fingerprint density at radius 3 is 2.67 bits per heavy atom. The maximum absolute atomic E-state index is 12.2. The number of amides is 1. The first kappa shape index (κ1) is 14.4. The van der Waals surface area contributed by atoms with Gasteiger partial charge in [0.25, 0.3) is 5.91 Å². The van der Waals surface area contributed by atoms with Crippen molar-refractivity contribution in [2.24, 2.45) is 0 Å². The standard InChI is InChI=1S/C13H17NO3S/c1-4-6-14(8-12(15)16)13(17)11-7-9(3)10(5-2)18-11/h4,7H,1,5-6,8H2,2-3H3,(H,15,16). The van der Waals surface area contributed by atoms with Gasteiger partial charge in [0.15, 0.2) is 0 Å². The number of nitrogens with zero attached hydrogens (tertiary/aromatic N) is 1. The Morgan fingerprint density at radius 2 is 2.22 bits per heavy atom. The average Bonchev–Trinajstić information content (AvgIpc) is 2.68. The molecule has 5 heteroatoms. The van der Waals surface area contributed by atoms with Crippen LogP contribution in [0.4, 0.5) is 0 Å². The van der Waals surface area contributed by atoms with Gasteiger partial charge in [0.1, 0.15) is 6.54 Å². The lowest BCUT2D eigenvalue weighted by molar-refractivity contribution is -0.137. The van der Waals surface area contributed by atoms with E-state index in [9.17, 15) is 9.59 Å². The number of hydrogen-bond donors (Lipinski definition) is 1. The molecule has 0 aromatic carbocycles. The molecule has 0 atom stereocenters. The van der Waals surface area contributed by atoms with Crippen LogP contribution in [-0.4, -0.2) is 35.0 Å². The van der Waals surface area contributed by atoms with Gasteiger partial charge in [-0.3, -0.25) is 9.59 Å². The summed E-state index contributed by atoms with van der Waals surface area (Å²) in [6.45, 7) is 7.47. The van der Waals surface area contributed by atoms with Crippen LogP contribution in [0.25, 0.3) is 0 Å². The third-order valence-electron chi connectivity index (χ3n) is 2.52. The average molecular weight is 267 g/mol. The monoisotopic (exact) mass is 267 g/mol. The topological polar surface area (TPSA) is 57.6 Å². The zero-order chi connectivity index (χ0) is 13.7. The van der Waals surface area contributed by atoms with Crippen LogP contribution in [0.5, 0.6) is 0 Å². The van der Waals surface area contributed by atoms with Gasteiger partial charge in [0.05, 0.1) is 4.88 Å². The Kier molecular flexibility index (Phi) is 5.09. The highest BCUT2D eigenvalue weighted by Gasteiger charge is 2.19. The van der Waals surface area contributed by atoms with Gasteiger partial charge in [0.2, 0.25) is 0 Å². The van der Waals surface area contributed by atoms with Crippen molar-refractivity contribution in [1.29, 1.82) is 0 Å². The van der Waals surface area contributed by atoms with E-state index in [1.165, 1.54) is 22.3 Å². The molecule has 1 amide bonds. The van der Waals surface area contributed by atoms with Crippen LogP contribution < -0.4 is 0 Å². The molecule has 0 aliphatic heterocycles. The molecule has 0 bridgehead atoms. The molecule has 18 heavy (non-hydrogen) atoms. The minimum Gasteiger partial charge on any atom is -0.480 e. The van der Waals surface area contributed by atoms with Gasteiger partial charge in [-0.1, -0.05) is 13.0 Å². The molecule has 1 rings (SSSR count). The number of carboxylic acid groups (broad SMARTS) is 1. The Morgan fingerprint density at radius 1 is 1.56 bits per heavy atom. The molecule has 1 aromatic heterocycles. The van der Waals surface area contributed by atoms with Gasteiger partial charge in [-0.15, -0.1) is 17.9 Å². The molecule has 4 nitrogen and oxygen atoms in total. The first-order valence-corrected chi connectivity index (χ1v) is 6.52. The van der Waals surface area contributed by atoms with Gasteiger partial charge in [-0.25, -0.2) is 0 Å². The lowest BCUT2D eigenvalue weighted by Gasteiger charge is -2.17. The van der Waals surface area contributed by atoms with E-state index in [0.717, 1.165) is 16.9 Å². The number of aryl methyl sites for hydroxylation is 2. The van der Waals surface area contributed by atoms with Gasteiger partial charge >= 0.3 is 5.97 Å². The molecule has 0 spiro atoms. The first-order valence-electron chi connectivity index (χ1n) is 5.70. The van der Waals surface area contributed by atoms with Crippen molar-refractivity contribution in [3.63, 3.8) is 0 Å². The van der Waals surface area contributed by atoms with Gasteiger partial charge in [-0.2, -0.15) is 0 Å². The minimum absolute atomic E-state index is 0.240. The van der Waals surface area contributed by atoms with Crippen molar-refractivity contribution in [2.45, 2.75) is 20.3 Å². The lowest BCUT2D eigenvalue weighted by atomic mass is 10.2. The summed E-state index contributed by atoms with van der Waals surface area (Å²) >= 11 is 1.43. The number of carbonyl (C=O) groups is 2. The fraction of sp³-hybridized carbons (Fsp3) is 0.385. The molecule has 0 unspecified atom stereocenters. The Labute approximate surface area is 111 Å². The summed E-state index contributed by atoms with van der Waals surface area (Å²) in [5.41, 5.74) is 1.08. The normalized spacial score (nSPS) is 10.1. The van der Waals surface area contributed by atoms with Crippen LogP contribution in [-0.2, 0) is 11.2 Å². The number of carbonyl (C=O) groups excluding carboxylic acids is 1. The quantitative estimate of drug-likeness (QED) is 0.805. The van der Waals surface area contributed by atoms with E-state index in [1.54, 1.807) is 0 Å². The molecule has 98 valence electrons. The highest BCUT2D eigenvalue weighted by Crippen LogP contribution is 2.23. The Hall–Kier alpha value is -1.62. The zero-order valence-electron chi connectivity index (χ0n) is 10.6. The number of rotatable bonds is 6. The van der Waals surface area contributed by atoms with E-state index in [4.69, 9.17) is 5.11 Å². The second kappa shape index (κ2) is 6.35. The van der Waals surface area contributed by atoms with E-state index in [-0.39, 0.29) is 19.0 Å². The lowest BCUT2D eigenvalue weighted by Crippen LogP contribution is -2.35. The smallest absolute Gasteiger partial charge is 0.323 e. The van der Waals surface area contributed by atoms with Crippen LogP contribution >= 0.6 is 11.3 Å². The Bertz CT molecular complexity index is 465. The van der Waals surface area contributed by atoms with E-state index >= 15 is 0 Å². The highest BCUT2D eigenvalue weighted by molar-refractivity contribution is 7.14. The zero-order valence-corrected chi connectivity index (χ0v) is 11.4. The third-order valence-corrected chi connectivity index (χ3v) is 3.88. The largest absolute Gasteiger partial charge is 0.480 e. The molecular weight excluding hydrogens is 250 g/mol. The molecule has 0 saturated heterocycles. The van der Waals surface area contributed by atoms with Crippen molar-refractivity contribution in [1.82, 2.24) is 4.90 Å². The molecule has 0 saturated carbocycles. The van der Waals surface area contributed by atoms with Crippen LogP contribution in [0, 0.1) is 6.92 Å². The predicted molar refractivity (Wildman–Crippen MR) is 72.2 cm³/mol. The summed E-state index contributed by atoms with van der Waals surface area (Å²) < 4.78 is 0. The molecule has 0 radical (unpaired) electrons. The van der Waals surface area contributed by atoms with E-state index in [1.807, 2.05) is 19.9 Å². The second-order valence-corrected chi connectivity index (χ2v) is 5.08. The highest BCUT2D eigenvalue weighted by atomic mass is 32.1. The molecule has 0 aliphatic carbocycles. The summed E-state index contributed by atoms with van der Waals surface area (Å²) in [5.74, 6) is -1.26. The number of aliphatic carboxylic acids is 1. The van der Waals surface area contributed by atoms with Crippen molar-refractivity contribution in [3.05, 3.63) is 34.0 Å². The fourth-order valence-electron chi connectivity index (χ4n) is 1.67. The van der Waals surface area contributed by atoms with Crippen molar-refractivity contribution < 1.29 is 14.7 Å². The van der Waals surface area contributed by atoms with Crippen LogP contribution in [0.3, 0.4) is 0 Å². The molecular formula is C13H17NO3S. The summed E-state index contributed by atoms with van der Waals surface area (Å²) in [6.07, 6.45) is 2.41. The Balaban J connectivity index is 2.93. The summed E-state index contributed by atoms with van der Waals surface area (Å²) in [4.78, 5) is 25.9. The number of carboxylic acids is 1. The maximum atomic E-state index is 12.2. The number of thiophene rings is 1. The minimum atomic E-state index is -1.02. The summed E-state index contributed by atoms with van der Waals surface area (Å²) in [6, 6.07) is 1.82. The molecule has 1 N–H and O–H groups in total. The fourth-order valence-corrected chi connectivity index (χ4v) is 2.75. The number of hydrogen-bond acceptors (Lipinski definition) is 3. The predicted octanol–water partition coefficient (Wildman–Crippen LogP) is 2.33. The van der Waals surface area contributed by atoms with Gasteiger partial charge in [0, 0.05) is 11.4 Å². The van der Waals surface area contributed by atoms with Gasteiger partial charge in [-0.05, 0) is 25.0 Å². The SMILES string of the molecule is C=CCN(CC(=O)O)C(=O)c1cc(C)c(CC)s1. The van der Waals surface area contributed by atoms with Crippen LogP contribution in [0.2, 0.25) is 0 Å². The summed E-state index contributed by atoms with van der Waals surface area (Å²) in [5, 5.41) is 8.79. The van der Waals surface area contributed by atoms with Crippen molar-refractivity contribution >= 4 is 23.2 Å². The molecule has 1 aromatic rings. The first-order chi connectivity index (χ1) is 8.49. The van der Waals surface area contributed by atoms with Gasteiger partial charge < -0.3 is 10.0 Å². The van der Waals surface area contributed by atoms with E-state index in [0.29, 0.717) is 4.88 Å². The maximum Gasteiger partial charge on any atom is 0.323 e. The van der Waals surface area contributed by atoms with E-state index in [2.05, 4.69) is 6.58 Å². The van der Waals surface area contributed by atoms with Crippen LogP contribution in [0.1, 0.15) is 27.0 Å². The molecule has 0 fully saturated rings. The van der Waals surface area contributed by atoms with Crippen LogP contribution in [0.15, 0.2) is 18.7 Å². The second-order valence-electron chi connectivity index (χ2n) is 3.94. The third kappa shape index (κ3) is 3.43. The molecule has 0 aliphatic rings. The van der Waals surface area contributed by atoms with Crippen molar-refractivity contribution in [3.8, 4) is 0 Å². The van der Waals surface area contributed by atoms with E-state index < -0.39 is 5.97 Å². The summed E-state index contributed by atoms with van der Waals surface area (Å²) in [7, 11) is 0. The molecule has 1 heterocycles.